The van der Waals surface area contributed by atoms with Crippen molar-refractivity contribution in [2.75, 3.05) is 0 Å². The number of aliphatic hydroxyl groups excluding tert-OH is 2. The van der Waals surface area contributed by atoms with E-state index in [0.717, 1.165) is 32.1 Å². The van der Waals surface area contributed by atoms with Crippen LogP contribution in [0.2, 0.25) is 0 Å². The minimum absolute atomic E-state index is 0.00662. The van der Waals surface area contributed by atoms with E-state index in [9.17, 15) is 15.1 Å². The molecule has 0 radical (unpaired) electrons. The zero-order chi connectivity index (χ0) is 18.0. The van der Waals surface area contributed by atoms with Crippen molar-refractivity contribution >= 4 is 0 Å². The van der Waals surface area contributed by atoms with Gasteiger partial charge in [-0.3, -0.25) is 0 Å². The van der Waals surface area contributed by atoms with Gasteiger partial charge in [-0.25, -0.2) is 0 Å². The molecule has 0 aromatic carbocycles. The fraction of sp³-hybridized carbons (Fsp3) is 0.905. The number of nitroso groups, excluding NO2 is 1. The van der Waals surface area contributed by atoms with Gasteiger partial charge >= 0.3 is 0 Å². The summed E-state index contributed by atoms with van der Waals surface area (Å²) >= 11 is 0. The largest absolute Gasteiger partial charge is 0.390 e. The molecule has 4 rings (SSSR count). The molecule has 4 heteroatoms. The first-order chi connectivity index (χ1) is 11.9. The number of nitrogens with zero attached hydrogens (tertiary/aromatic N) is 1. The zero-order valence-corrected chi connectivity index (χ0v) is 15.8. The first-order valence-corrected chi connectivity index (χ1v) is 10.2. The number of allylic oxidation sites excluding steroid dienone is 2. The fourth-order valence-corrected chi connectivity index (χ4v) is 7.66. The highest BCUT2D eigenvalue weighted by atomic mass is 16.3. The van der Waals surface area contributed by atoms with E-state index < -0.39 is 12.2 Å². The summed E-state index contributed by atoms with van der Waals surface area (Å²) in [5, 5.41) is 25.4. The summed E-state index contributed by atoms with van der Waals surface area (Å²) in [5.41, 5.74) is 1.78. The molecular formula is C21H33NO3. The Balaban J connectivity index is 1.71. The second-order valence-corrected chi connectivity index (χ2v) is 9.73. The predicted octanol–water partition coefficient (Wildman–Crippen LogP) is 4.05. The maximum absolute atomic E-state index is 11.1. The first-order valence-electron chi connectivity index (χ1n) is 10.2. The minimum Gasteiger partial charge on any atom is -0.390 e. The highest BCUT2D eigenvalue weighted by Gasteiger charge is 2.64. The van der Waals surface area contributed by atoms with Gasteiger partial charge in [0.05, 0.1) is 18.2 Å². The molecule has 4 nitrogen and oxygen atoms in total. The average molecular weight is 347 g/mol. The molecule has 0 spiro atoms. The van der Waals surface area contributed by atoms with E-state index in [1.54, 1.807) is 5.57 Å². The number of hydrogen-bond acceptors (Lipinski definition) is 4. The van der Waals surface area contributed by atoms with Crippen molar-refractivity contribution in [3.8, 4) is 0 Å². The van der Waals surface area contributed by atoms with Crippen molar-refractivity contribution in [2.45, 2.75) is 84.0 Å². The van der Waals surface area contributed by atoms with Crippen LogP contribution in [0.3, 0.4) is 0 Å². The smallest absolute Gasteiger partial charge is 0.0923 e. The van der Waals surface area contributed by atoms with Gasteiger partial charge in [-0.05, 0) is 86.4 Å². The summed E-state index contributed by atoms with van der Waals surface area (Å²) in [7, 11) is 0. The second-order valence-electron chi connectivity index (χ2n) is 9.73. The van der Waals surface area contributed by atoms with Crippen molar-refractivity contribution in [2.24, 2.45) is 39.7 Å². The Morgan fingerprint density at radius 1 is 1.04 bits per heavy atom. The van der Waals surface area contributed by atoms with Gasteiger partial charge in [-0.2, -0.15) is 4.91 Å². The van der Waals surface area contributed by atoms with Gasteiger partial charge < -0.3 is 10.2 Å². The summed E-state index contributed by atoms with van der Waals surface area (Å²) in [6.07, 6.45) is 7.96. The van der Waals surface area contributed by atoms with Crippen LogP contribution >= 0.6 is 0 Å². The molecule has 0 aliphatic heterocycles. The lowest BCUT2D eigenvalue weighted by Crippen LogP contribution is -2.63. The van der Waals surface area contributed by atoms with Crippen LogP contribution in [0.15, 0.2) is 16.8 Å². The molecule has 0 amide bonds. The molecule has 0 bridgehead atoms. The topological polar surface area (TPSA) is 69.9 Å². The van der Waals surface area contributed by atoms with E-state index in [1.165, 1.54) is 6.42 Å². The van der Waals surface area contributed by atoms with Crippen molar-refractivity contribution in [1.29, 1.82) is 0 Å². The molecule has 4 aliphatic rings. The Labute approximate surface area is 151 Å². The van der Waals surface area contributed by atoms with Gasteiger partial charge in [0.15, 0.2) is 0 Å². The van der Waals surface area contributed by atoms with Crippen LogP contribution in [-0.4, -0.2) is 28.5 Å². The molecule has 0 aromatic rings. The van der Waals surface area contributed by atoms with Crippen molar-refractivity contribution < 1.29 is 10.2 Å². The number of rotatable bonds is 1. The molecular weight excluding hydrogens is 314 g/mol. The maximum atomic E-state index is 11.1. The molecule has 4 unspecified atom stereocenters. The van der Waals surface area contributed by atoms with Gasteiger partial charge in [0.25, 0.3) is 0 Å². The van der Waals surface area contributed by atoms with Crippen LogP contribution in [0.25, 0.3) is 0 Å². The van der Waals surface area contributed by atoms with Gasteiger partial charge in [-0.15, -0.1) is 0 Å². The molecule has 0 saturated heterocycles. The van der Waals surface area contributed by atoms with Crippen LogP contribution in [0.5, 0.6) is 0 Å². The van der Waals surface area contributed by atoms with Crippen molar-refractivity contribution in [1.82, 2.24) is 0 Å². The van der Waals surface area contributed by atoms with Gasteiger partial charge in [0.2, 0.25) is 0 Å². The lowest BCUT2D eigenvalue weighted by Gasteiger charge is -2.63. The average Bonchev–Trinajstić information content (AvgIpc) is 2.95. The standard InChI is InChI=1S/C21H33NO3/c1-4-12-5-6-14-17-15(8-10-20(12,14)2)21(3)9-7-13(22-25)11-16(21)18(23)19(17)24/h4,13-19,23-24H,5-11H2,1-3H3/b12-4-/t13-,14?,15?,16?,17?,18+,19+,20+,21+/m0/s1. The molecule has 25 heavy (non-hydrogen) atoms. The Morgan fingerprint density at radius 2 is 1.80 bits per heavy atom. The third kappa shape index (κ3) is 2.26. The third-order valence-corrected chi connectivity index (χ3v) is 9.07. The Morgan fingerprint density at radius 3 is 2.48 bits per heavy atom. The summed E-state index contributed by atoms with van der Waals surface area (Å²) in [5.74, 6) is 1.12. The van der Waals surface area contributed by atoms with E-state index in [4.69, 9.17) is 0 Å². The van der Waals surface area contributed by atoms with E-state index in [-0.39, 0.29) is 28.7 Å². The van der Waals surface area contributed by atoms with Crippen LogP contribution in [0.4, 0.5) is 0 Å². The Bertz CT molecular complexity index is 590. The van der Waals surface area contributed by atoms with E-state index in [0.29, 0.717) is 18.3 Å². The lowest BCUT2D eigenvalue weighted by molar-refractivity contribution is -0.210. The highest BCUT2D eigenvalue weighted by Crippen LogP contribution is 2.67. The van der Waals surface area contributed by atoms with Crippen LogP contribution < -0.4 is 0 Å². The minimum atomic E-state index is -0.715. The zero-order valence-electron chi connectivity index (χ0n) is 15.8. The number of fused-ring (bicyclic) bond motifs is 5. The van der Waals surface area contributed by atoms with Gasteiger partial charge in [0.1, 0.15) is 0 Å². The van der Waals surface area contributed by atoms with E-state index >= 15 is 0 Å². The quantitative estimate of drug-likeness (QED) is 0.555. The van der Waals surface area contributed by atoms with Gasteiger partial charge in [-0.1, -0.05) is 30.7 Å². The summed E-state index contributed by atoms with van der Waals surface area (Å²) < 4.78 is 0. The Kier molecular flexibility index (Phi) is 4.16. The van der Waals surface area contributed by atoms with E-state index in [2.05, 4.69) is 32.0 Å². The van der Waals surface area contributed by atoms with Crippen LogP contribution in [0, 0.1) is 39.4 Å². The molecule has 0 aromatic heterocycles. The third-order valence-electron chi connectivity index (χ3n) is 9.07. The SMILES string of the molecule is C/C=C1/CCC2C3C(CC[C@]12C)[C@@]1(C)CC[C@H](N=O)CC1[C@@H](O)[C@@H]3O. The molecule has 4 saturated carbocycles. The van der Waals surface area contributed by atoms with Crippen molar-refractivity contribution in [3.63, 3.8) is 0 Å². The second kappa shape index (κ2) is 5.88. The highest BCUT2D eigenvalue weighted by molar-refractivity contribution is 5.25. The van der Waals surface area contributed by atoms with Gasteiger partial charge in [0, 0.05) is 0 Å². The molecule has 4 fully saturated rings. The normalized spacial score (nSPS) is 56.8. The molecule has 140 valence electrons. The maximum Gasteiger partial charge on any atom is 0.0923 e. The molecule has 9 atom stereocenters. The fourth-order valence-electron chi connectivity index (χ4n) is 7.66. The predicted molar refractivity (Wildman–Crippen MR) is 97.8 cm³/mol. The van der Waals surface area contributed by atoms with Crippen LogP contribution in [-0.2, 0) is 0 Å². The Hall–Kier alpha value is -0.740. The molecule has 4 aliphatic carbocycles. The summed E-state index contributed by atoms with van der Waals surface area (Å²) in [4.78, 5) is 11.1. The first kappa shape index (κ1) is 17.7. The summed E-state index contributed by atoms with van der Waals surface area (Å²) in [6, 6.07) is -0.188. The lowest BCUT2D eigenvalue weighted by atomic mass is 9.43. The van der Waals surface area contributed by atoms with E-state index in [1.807, 2.05) is 0 Å². The van der Waals surface area contributed by atoms with Crippen LogP contribution in [0.1, 0.15) is 65.7 Å². The van der Waals surface area contributed by atoms with Crippen molar-refractivity contribution in [3.05, 3.63) is 16.6 Å². The summed E-state index contributed by atoms with van der Waals surface area (Å²) in [6.45, 7) is 6.85. The number of hydrogen-bond donors (Lipinski definition) is 2. The number of aliphatic hydroxyl groups is 2. The monoisotopic (exact) mass is 347 g/mol. The molecule has 0 heterocycles. The molecule has 2 N–H and O–H groups in total.